The Kier molecular flexibility index (Phi) is 6.94. The highest BCUT2D eigenvalue weighted by molar-refractivity contribution is 7.92. The van der Waals surface area contributed by atoms with E-state index in [1.165, 1.54) is 0 Å². The number of ether oxygens (including phenoxy) is 3. The van der Waals surface area contributed by atoms with Gasteiger partial charge < -0.3 is 19.5 Å². The second-order valence-corrected chi connectivity index (χ2v) is 9.15. The summed E-state index contributed by atoms with van der Waals surface area (Å²) >= 11 is 0. The maximum absolute atomic E-state index is 12.9. The van der Waals surface area contributed by atoms with Crippen LogP contribution < -0.4 is 23.8 Å². The van der Waals surface area contributed by atoms with E-state index in [9.17, 15) is 13.2 Å². The van der Waals surface area contributed by atoms with E-state index < -0.39 is 22.0 Å². The molecule has 3 rings (SSSR count). The molecule has 2 atom stereocenters. The number of sulfonamides is 1. The molecule has 1 N–H and O–H groups in total. The van der Waals surface area contributed by atoms with E-state index in [1.807, 2.05) is 38.1 Å². The van der Waals surface area contributed by atoms with Crippen LogP contribution in [0.1, 0.15) is 32.4 Å². The Hall–Kier alpha value is -2.94. The summed E-state index contributed by atoms with van der Waals surface area (Å²) in [5.74, 6) is 1.33. The number of benzene rings is 2. The topological polar surface area (TPSA) is 94.2 Å². The summed E-state index contributed by atoms with van der Waals surface area (Å²) in [5, 5.41) is 2.89. The van der Waals surface area contributed by atoms with Crippen molar-refractivity contribution in [1.29, 1.82) is 0 Å². The van der Waals surface area contributed by atoms with E-state index >= 15 is 0 Å². The molecule has 0 saturated carbocycles. The standard InChI is InChI=1S/C22H28N2O6S/c1-5-28-19-9-6-17(7-10-19)15(2)23-22(25)16(3)24(31(4,26)27)18-8-11-20-21(14-18)30-13-12-29-20/h6-11,14-16H,5,12-13H2,1-4H3,(H,23,25)/t15-,16-/m1/s1. The average molecular weight is 449 g/mol. The molecule has 1 aliphatic rings. The van der Waals surface area contributed by atoms with Gasteiger partial charge in [-0.2, -0.15) is 0 Å². The molecule has 31 heavy (non-hydrogen) atoms. The Bertz CT molecular complexity index is 1020. The van der Waals surface area contributed by atoms with E-state index in [0.717, 1.165) is 21.9 Å². The molecular formula is C22H28N2O6S. The molecule has 0 aromatic heterocycles. The number of fused-ring (bicyclic) bond motifs is 1. The van der Waals surface area contributed by atoms with Gasteiger partial charge in [0.15, 0.2) is 11.5 Å². The first-order valence-electron chi connectivity index (χ1n) is 10.1. The maximum atomic E-state index is 12.9. The molecule has 2 aromatic rings. The van der Waals surface area contributed by atoms with Gasteiger partial charge in [0.2, 0.25) is 15.9 Å². The van der Waals surface area contributed by atoms with Crippen LogP contribution in [-0.4, -0.2) is 46.4 Å². The van der Waals surface area contributed by atoms with Gasteiger partial charge in [-0.3, -0.25) is 9.10 Å². The molecule has 0 aliphatic carbocycles. The monoisotopic (exact) mass is 448 g/mol. The van der Waals surface area contributed by atoms with E-state index in [1.54, 1.807) is 25.1 Å². The lowest BCUT2D eigenvalue weighted by molar-refractivity contribution is -0.122. The molecule has 1 heterocycles. The third kappa shape index (κ3) is 5.41. The van der Waals surface area contributed by atoms with Crippen molar-refractivity contribution in [2.24, 2.45) is 0 Å². The Morgan fingerprint density at radius 1 is 1.10 bits per heavy atom. The minimum absolute atomic E-state index is 0.313. The van der Waals surface area contributed by atoms with Crippen LogP contribution in [-0.2, 0) is 14.8 Å². The summed E-state index contributed by atoms with van der Waals surface area (Å²) in [4.78, 5) is 12.9. The number of carbonyl (C=O) groups is 1. The smallest absolute Gasteiger partial charge is 0.244 e. The van der Waals surface area contributed by atoms with Gasteiger partial charge in [0.25, 0.3) is 0 Å². The predicted octanol–water partition coefficient (Wildman–Crippen LogP) is 2.89. The zero-order valence-electron chi connectivity index (χ0n) is 18.1. The molecule has 0 fully saturated rings. The molecule has 8 nitrogen and oxygen atoms in total. The van der Waals surface area contributed by atoms with Gasteiger partial charge in [-0.15, -0.1) is 0 Å². The Morgan fingerprint density at radius 2 is 1.74 bits per heavy atom. The molecule has 0 spiro atoms. The van der Waals surface area contributed by atoms with Crippen LogP contribution in [0.15, 0.2) is 42.5 Å². The van der Waals surface area contributed by atoms with Crippen LogP contribution in [0.2, 0.25) is 0 Å². The van der Waals surface area contributed by atoms with Crippen molar-refractivity contribution in [3.8, 4) is 17.2 Å². The van der Waals surface area contributed by atoms with Crippen molar-refractivity contribution in [2.75, 3.05) is 30.4 Å². The third-order valence-corrected chi connectivity index (χ3v) is 6.16. The predicted molar refractivity (Wildman–Crippen MR) is 118 cm³/mol. The molecule has 0 bridgehead atoms. The quantitative estimate of drug-likeness (QED) is 0.667. The first kappa shape index (κ1) is 22.7. The molecule has 0 radical (unpaired) electrons. The van der Waals surface area contributed by atoms with Crippen LogP contribution in [0, 0.1) is 0 Å². The number of nitrogens with zero attached hydrogens (tertiary/aromatic N) is 1. The van der Waals surface area contributed by atoms with E-state index in [2.05, 4.69) is 5.32 Å². The van der Waals surface area contributed by atoms with Gasteiger partial charge in [0.05, 0.1) is 24.6 Å². The van der Waals surface area contributed by atoms with Gasteiger partial charge >= 0.3 is 0 Å². The fourth-order valence-electron chi connectivity index (χ4n) is 3.41. The minimum atomic E-state index is -3.74. The van der Waals surface area contributed by atoms with Crippen LogP contribution in [0.5, 0.6) is 17.2 Å². The lowest BCUT2D eigenvalue weighted by Crippen LogP contribution is -2.48. The highest BCUT2D eigenvalue weighted by atomic mass is 32.2. The summed E-state index contributed by atoms with van der Waals surface area (Å²) in [5.41, 5.74) is 1.22. The molecule has 0 unspecified atom stereocenters. The lowest BCUT2D eigenvalue weighted by Gasteiger charge is -2.30. The number of rotatable bonds is 8. The highest BCUT2D eigenvalue weighted by Crippen LogP contribution is 2.35. The number of anilines is 1. The molecule has 1 amide bonds. The number of carbonyl (C=O) groups excluding carboxylic acids is 1. The van der Waals surface area contributed by atoms with Gasteiger partial charge in [-0.1, -0.05) is 12.1 Å². The summed E-state index contributed by atoms with van der Waals surface area (Å²) < 4.78 is 42.7. The number of hydrogen-bond donors (Lipinski definition) is 1. The molecule has 2 aromatic carbocycles. The minimum Gasteiger partial charge on any atom is -0.494 e. The van der Waals surface area contributed by atoms with Crippen molar-refractivity contribution >= 4 is 21.6 Å². The fourth-order valence-corrected chi connectivity index (χ4v) is 4.58. The van der Waals surface area contributed by atoms with Crippen molar-refractivity contribution in [2.45, 2.75) is 32.9 Å². The molecule has 9 heteroatoms. The number of amides is 1. The van der Waals surface area contributed by atoms with Gasteiger partial charge in [-0.05, 0) is 50.6 Å². The van der Waals surface area contributed by atoms with Crippen molar-refractivity contribution in [3.05, 3.63) is 48.0 Å². The molecule has 168 valence electrons. The SMILES string of the molecule is CCOc1ccc([C@@H](C)NC(=O)[C@@H](C)N(c2ccc3c(c2)OCCO3)S(C)(=O)=O)cc1. The van der Waals surface area contributed by atoms with Gasteiger partial charge in [0.1, 0.15) is 25.0 Å². The zero-order valence-corrected chi connectivity index (χ0v) is 18.9. The van der Waals surface area contributed by atoms with Crippen molar-refractivity contribution in [3.63, 3.8) is 0 Å². The fraction of sp³-hybridized carbons (Fsp3) is 0.409. The van der Waals surface area contributed by atoms with Gasteiger partial charge in [0, 0.05) is 6.07 Å². The van der Waals surface area contributed by atoms with Crippen LogP contribution in [0.3, 0.4) is 0 Å². The summed E-state index contributed by atoms with van der Waals surface area (Å²) in [7, 11) is -3.74. The van der Waals surface area contributed by atoms with Crippen LogP contribution in [0.4, 0.5) is 5.69 Å². The lowest BCUT2D eigenvalue weighted by atomic mass is 10.1. The number of nitrogens with one attached hydrogen (secondary N) is 1. The molecule has 1 aliphatic heterocycles. The van der Waals surface area contributed by atoms with E-state index in [0.29, 0.717) is 37.0 Å². The summed E-state index contributed by atoms with van der Waals surface area (Å²) in [6.07, 6.45) is 1.07. The Labute approximate surface area is 183 Å². The molecular weight excluding hydrogens is 420 g/mol. The highest BCUT2D eigenvalue weighted by Gasteiger charge is 2.31. The summed E-state index contributed by atoms with van der Waals surface area (Å²) in [6.45, 7) is 6.69. The first-order valence-corrected chi connectivity index (χ1v) is 12.0. The van der Waals surface area contributed by atoms with Crippen molar-refractivity contribution < 1.29 is 27.4 Å². The summed E-state index contributed by atoms with van der Waals surface area (Å²) in [6, 6.07) is 11.0. The average Bonchev–Trinajstić information content (AvgIpc) is 2.73. The Morgan fingerprint density at radius 3 is 2.35 bits per heavy atom. The number of hydrogen-bond acceptors (Lipinski definition) is 6. The third-order valence-electron chi connectivity index (χ3n) is 4.92. The second kappa shape index (κ2) is 9.47. The van der Waals surface area contributed by atoms with E-state index in [-0.39, 0.29) is 6.04 Å². The van der Waals surface area contributed by atoms with E-state index in [4.69, 9.17) is 14.2 Å². The largest absolute Gasteiger partial charge is 0.494 e. The maximum Gasteiger partial charge on any atom is 0.244 e. The van der Waals surface area contributed by atoms with Crippen molar-refractivity contribution in [1.82, 2.24) is 5.32 Å². The van der Waals surface area contributed by atoms with Gasteiger partial charge in [-0.25, -0.2) is 8.42 Å². The molecule has 0 saturated heterocycles. The van der Waals surface area contributed by atoms with Crippen LogP contribution >= 0.6 is 0 Å². The normalized spacial score (nSPS) is 15.0. The second-order valence-electron chi connectivity index (χ2n) is 7.30. The first-order chi connectivity index (χ1) is 14.7. The van der Waals surface area contributed by atoms with Crippen LogP contribution in [0.25, 0.3) is 0 Å². The Balaban J connectivity index is 1.78. The zero-order chi connectivity index (χ0) is 22.6.